The lowest BCUT2D eigenvalue weighted by atomic mass is 9.92. The maximum atomic E-state index is 6.11. The first-order chi connectivity index (χ1) is 8.69. The summed E-state index contributed by atoms with van der Waals surface area (Å²) in [6.45, 7) is 8.45. The molecule has 1 aromatic rings. The zero-order chi connectivity index (χ0) is 12.6. The molecule has 0 amide bonds. The van der Waals surface area contributed by atoms with E-state index in [1.54, 1.807) is 0 Å². The molecule has 0 aromatic carbocycles. The van der Waals surface area contributed by atoms with E-state index in [0.717, 1.165) is 43.5 Å². The molecule has 2 fully saturated rings. The summed E-state index contributed by atoms with van der Waals surface area (Å²) in [4.78, 5) is 2.48. The minimum Gasteiger partial charge on any atom is -0.373 e. The Morgan fingerprint density at radius 1 is 1.61 bits per heavy atom. The molecule has 2 aliphatic heterocycles. The lowest BCUT2D eigenvalue weighted by molar-refractivity contribution is 0.0110. The Kier molecular flexibility index (Phi) is 3.16. The Bertz CT molecular complexity index is 417. The second kappa shape index (κ2) is 4.67. The number of rotatable bonds is 3. The molecule has 0 aliphatic carbocycles. The van der Waals surface area contributed by atoms with Crippen LogP contribution in [-0.4, -0.2) is 40.4 Å². The van der Waals surface area contributed by atoms with Gasteiger partial charge in [-0.25, -0.2) is 0 Å². The molecule has 2 atom stereocenters. The standard InChI is InChI=1S/C14H23N3O/c1-3-12-7-14(18-9-12)4-5-17(10-14)8-13-6-11(2)15-16-13/h6,12H,3-5,7-10H2,1-2H3,(H,15,16). The number of nitrogens with zero attached hydrogens (tertiary/aromatic N) is 2. The van der Waals surface area contributed by atoms with Gasteiger partial charge in [0, 0.05) is 25.3 Å². The van der Waals surface area contributed by atoms with Crippen LogP contribution in [0, 0.1) is 12.8 Å². The van der Waals surface area contributed by atoms with Crippen LogP contribution < -0.4 is 0 Å². The lowest BCUT2D eigenvalue weighted by Crippen LogP contribution is -2.32. The van der Waals surface area contributed by atoms with Crippen molar-refractivity contribution in [3.05, 3.63) is 17.5 Å². The van der Waals surface area contributed by atoms with E-state index in [0.29, 0.717) is 0 Å². The minimum atomic E-state index is 0.159. The summed E-state index contributed by atoms with van der Waals surface area (Å²) < 4.78 is 6.11. The summed E-state index contributed by atoms with van der Waals surface area (Å²) in [5.74, 6) is 0.776. The number of aryl methyl sites for hydroxylation is 1. The largest absolute Gasteiger partial charge is 0.373 e. The predicted octanol–water partition coefficient (Wildman–Crippen LogP) is 2.11. The van der Waals surface area contributed by atoms with Gasteiger partial charge in [-0.15, -0.1) is 0 Å². The maximum absolute atomic E-state index is 6.11. The zero-order valence-electron chi connectivity index (χ0n) is 11.4. The van der Waals surface area contributed by atoms with Crippen molar-refractivity contribution in [3.63, 3.8) is 0 Å². The number of hydrogen-bond acceptors (Lipinski definition) is 3. The lowest BCUT2D eigenvalue weighted by Gasteiger charge is -2.23. The highest BCUT2D eigenvalue weighted by atomic mass is 16.5. The summed E-state index contributed by atoms with van der Waals surface area (Å²) in [7, 11) is 0. The number of aromatic amines is 1. The third-order valence-corrected chi connectivity index (χ3v) is 4.40. The van der Waals surface area contributed by atoms with Crippen molar-refractivity contribution in [3.8, 4) is 0 Å². The number of hydrogen-bond donors (Lipinski definition) is 1. The van der Waals surface area contributed by atoms with Gasteiger partial charge in [-0.1, -0.05) is 13.3 Å². The monoisotopic (exact) mass is 249 g/mol. The quantitative estimate of drug-likeness (QED) is 0.892. The molecule has 100 valence electrons. The number of nitrogens with one attached hydrogen (secondary N) is 1. The molecule has 18 heavy (non-hydrogen) atoms. The van der Waals surface area contributed by atoms with Crippen LogP contribution in [0.2, 0.25) is 0 Å². The summed E-state index contributed by atoms with van der Waals surface area (Å²) in [6.07, 6.45) is 3.69. The van der Waals surface area contributed by atoms with Gasteiger partial charge in [0.2, 0.25) is 0 Å². The van der Waals surface area contributed by atoms with E-state index in [9.17, 15) is 0 Å². The molecule has 3 rings (SSSR count). The number of ether oxygens (including phenoxy) is 1. The molecule has 3 heterocycles. The van der Waals surface area contributed by atoms with Gasteiger partial charge in [0.05, 0.1) is 17.9 Å². The fourth-order valence-corrected chi connectivity index (χ4v) is 3.33. The highest BCUT2D eigenvalue weighted by Gasteiger charge is 2.44. The second-order valence-electron chi connectivity index (χ2n) is 5.98. The summed E-state index contributed by atoms with van der Waals surface area (Å²) >= 11 is 0. The maximum Gasteiger partial charge on any atom is 0.0824 e. The van der Waals surface area contributed by atoms with Crippen molar-refractivity contribution in [2.45, 2.75) is 45.3 Å². The average molecular weight is 249 g/mol. The summed E-state index contributed by atoms with van der Waals surface area (Å²) in [5.41, 5.74) is 2.45. The first-order valence-electron chi connectivity index (χ1n) is 7.06. The van der Waals surface area contributed by atoms with Crippen molar-refractivity contribution in [2.75, 3.05) is 19.7 Å². The van der Waals surface area contributed by atoms with Gasteiger partial charge in [-0.3, -0.25) is 10.00 Å². The third-order valence-electron chi connectivity index (χ3n) is 4.40. The van der Waals surface area contributed by atoms with Crippen molar-refractivity contribution < 1.29 is 4.74 Å². The van der Waals surface area contributed by atoms with Crippen LogP contribution in [0.4, 0.5) is 0 Å². The van der Waals surface area contributed by atoms with Crippen LogP contribution in [0.25, 0.3) is 0 Å². The van der Waals surface area contributed by atoms with Crippen LogP contribution in [0.15, 0.2) is 6.07 Å². The Hall–Kier alpha value is -0.870. The van der Waals surface area contributed by atoms with Crippen LogP contribution in [0.5, 0.6) is 0 Å². The Labute approximate surface area is 109 Å². The Balaban J connectivity index is 1.59. The zero-order valence-corrected chi connectivity index (χ0v) is 11.4. The van der Waals surface area contributed by atoms with Gasteiger partial charge < -0.3 is 4.74 Å². The molecule has 0 bridgehead atoms. The minimum absolute atomic E-state index is 0.159. The molecule has 1 N–H and O–H groups in total. The summed E-state index contributed by atoms with van der Waals surface area (Å²) in [6, 6.07) is 2.13. The van der Waals surface area contributed by atoms with Gasteiger partial charge in [-0.2, -0.15) is 5.10 Å². The van der Waals surface area contributed by atoms with E-state index < -0.39 is 0 Å². The van der Waals surface area contributed by atoms with E-state index in [1.807, 2.05) is 6.92 Å². The average Bonchev–Trinajstić information content (AvgIpc) is 3.04. The van der Waals surface area contributed by atoms with E-state index >= 15 is 0 Å². The van der Waals surface area contributed by atoms with Crippen molar-refractivity contribution >= 4 is 0 Å². The van der Waals surface area contributed by atoms with Gasteiger partial charge in [0.1, 0.15) is 0 Å². The van der Waals surface area contributed by atoms with Crippen molar-refractivity contribution in [1.82, 2.24) is 15.1 Å². The van der Waals surface area contributed by atoms with E-state index in [1.165, 1.54) is 19.3 Å². The highest BCUT2D eigenvalue weighted by molar-refractivity contribution is 5.07. The smallest absolute Gasteiger partial charge is 0.0824 e. The van der Waals surface area contributed by atoms with Crippen molar-refractivity contribution in [2.24, 2.45) is 5.92 Å². The summed E-state index contributed by atoms with van der Waals surface area (Å²) in [5, 5.41) is 7.33. The number of aromatic nitrogens is 2. The van der Waals surface area contributed by atoms with E-state index in [-0.39, 0.29) is 5.60 Å². The van der Waals surface area contributed by atoms with E-state index in [2.05, 4.69) is 28.1 Å². The molecule has 2 aliphatic rings. The molecule has 4 heteroatoms. The topological polar surface area (TPSA) is 41.1 Å². The van der Waals surface area contributed by atoms with E-state index in [4.69, 9.17) is 4.74 Å². The SMILES string of the molecule is CCC1COC2(CCN(Cc3cc(C)[nH]n3)C2)C1. The highest BCUT2D eigenvalue weighted by Crippen LogP contribution is 2.39. The van der Waals surface area contributed by atoms with Crippen LogP contribution >= 0.6 is 0 Å². The van der Waals surface area contributed by atoms with Gasteiger partial charge in [0.25, 0.3) is 0 Å². The normalized spacial score (nSPS) is 32.7. The molecule has 0 saturated carbocycles. The Morgan fingerprint density at radius 2 is 2.50 bits per heavy atom. The van der Waals surface area contributed by atoms with Gasteiger partial charge in [-0.05, 0) is 31.7 Å². The molecule has 4 nitrogen and oxygen atoms in total. The molecule has 1 spiro atoms. The second-order valence-corrected chi connectivity index (χ2v) is 5.98. The van der Waals surface area contributed by atoms with Crippen molar-refractivity contribution in [1.29, 1.82) is 0 Å². The third kappa shape index (κ3) is 2.31. The molecular formula is C14H23N3O. The molecular weight excluding hydrogens is 226 g/mol. The molecule has 2 saturated heterocycles. The predicted molar refractivity (Wildman–Crippen MR) is 70.3 cm³/mol. The van der Waals surface area contributed by atoms with Gasteiger partial charge in [0.15, 0.2) is 0 Å². The first kappa shape index (κ1) is 12.2. The van der Waals surface area contributed by atoms with Crippen LogP contribution in [-0.2, 0) is 11.3 Å². The fraction of sp³-hybridized carbons (Fsp3) is 0.786. The number of likely N-dealkylation sites (tertiary alicyclic amines) is 1. The number of H-pyrrole nitrogens is 1. The van der Waals surface area contributed by atoms with Gasteiger partial charge >= 0.3 is 0 Å². The molecule has 2 unspecified atom stereocenters. The first-order valence-corrected chi connectivity index (χ1v) is 7.06. The van der Waals surface area contributed by atoms with Crippen LogP contribution in [0.3, 0.4) is 0 Å². The molecule has 1 aromatic heterocycles. The van der Waals surface area contributed by atoms with Crippen LogP contribution in [0.1, 0.15) is 37.6 Å². The molecule has 0 radical (unpaired) electrons. The Morgan fingerprint density at radius 3 is 3.17 bits per heavy atom. The fourth-order valence-electron chi connectivity index (χ4n) is 3.33.